The maximum Gasteiger partial charge on any atom is 0.513 e. The summed E-state index contributed by atoms with van der Waals surface area (Å²) in [4.78, 5) is 15.8. The Morgan fingerprint density at radius 2 is 1.90 bits per heavy atom. The Bertz CT molecular complexity index is 701. The summed E-state index contributed by atoms with van der Waals surface area (Å²) in [7, 11) is 0. The molecule has 0 bridgehead atoms. The first-order chi connectivity index (χ1) is 9.97. The molecule has 0 spiro atoms. The number of ether oxygens (including phenoxy) is 2. The highest BCUT2D eigenvalue weighted by molar-refractivity contribution is 5.88. The van der Waals surface area contributed by atoms with Crippen molar-refractivity contribution in [3.05, 3.63) is 35.0 Å². The Balaban J connectivity index is 2.66. The monoisotopic (exact) mass is 295 g/mol. The van der Waals surface area contributed by atoms with Crippen molar-refractivity contribution in [3.63, 3.8) is 0 Å². The van der Waals surface area contributed by atoms with Crippen LogP contribution in [0.5, 0.6) is 5.75 Å². The van der Waals surface area contributed by atoms with Crippen LogP contribution in [0.4, 0.5) is 13.6 Å². The van der Waals surface area contributed by atoms with Crippen LogP contribution < -0.4 is 4.74 Å². The van der Waals surface area contributed by atoms with Crippen molar-refractivity contribution in [2.45, 2.75) is 27.2 Å². The average molecular weight is 295 g/mol. The molecule has 0 aliphatic carbocycles. The molecule has 0 aliphatic heterocycles. The fraction of sp³-hybridized carbons (Fsp3) is 0.333. The van der Waals surface area contributed by atoms with Gasteiger partial charge in [-0.2, -0.15) is 0 Å². The van der Waals surface area contributed by atoms with Crippen LogP contribution in [0.1, 0.15) is 25.1 Å². The minimum atomic E-state index is -1.03. The zero-order valence-electron chi connectivity index (χ0n) is 12.0. The van der Waals surface area contributed by atoms with Crippen molar-refractivity contribution < 1.29 is 23.0 Å². The Kier molecular flexibility index (Phi) is 4.35. The fourth-order valence-electron chi connectivity index (χ4n) is 2.08. The van der Waals surface area contributed by atoms with Crippen molar-refractivity contribution in [3.8, 4) is 5.75 Å². The molecule has 1 aromatic carbocycles. The normalized spacial score (nSPS) is 10.7. The van der Waals surface area contributed by atoms with E-state index < -0.39 is 17.8 Å². The van der Waals surface area contributed by atoms with Crippen LogP contribution in [-0.2, 0) is 11.2 Å². The number of nitrogens with zero attached hydrogens (tertiary/aromatic N) is 1. The van der Waals surface area contributed by atoms with Gasteiger partial charge in [-0.3, -0.25) is 4.98 Å². The average Bonchev–Trinajstić information content (AvgIpc) is 2.44. The summed E-state index contributed by atoms with van der Waals surface area (Å²) in [5.41, 5.74) is 1.48. The number of fused-ring (bicyclic) bond motifs is 1. The third kappa shape index (κ3) is 2.94. The molecule has 0 amide bonds. The van der Waals surface area contributed by atoms with Crippen molar-refractivity contribution in [1.82, 2.24) is 4.98 Å². The molecule has 1 heterocycles. The molecule has 0 N–H and O–H groups in total. The van der Waals surface area contributed by atoms with E-state index in [1.165, 1.54) is 0 Å². The fourth-order valence-corrected chi connectivity index (χ4v) is 2.08. The van der Waals surface area contributed by atoms with Crippen LogP contribution in [0.25, 0.3) is 10.9 Å². The summed E-state index contributed by atoms with van der Waals surface area (Å²) in [5.74, 6) is -1.88. The van der Waals surface area contributed by atoms with E-state index in [1.54, 1.807) is 13.8 Å². The lowest BCUT2D eigenvalue weighted by atomic mass is 10.1. The molecular weight excluding hydrogens is 280 g/mol. The summed E-state index contributed by atoms with van der Waals surface area (Å²) in [6.07, 6.45) is -0.320. The molecule has 21 heavy (non-hydrogen) atoms. The first-order valence-corrected chi connectivity index (χ1v) is 6.60. The summed E-state index contributed by atoms with van der Waals surface area (Å²) in [6, 6.07) is 1.96. The maximum atomic E-state index is 13.5. The molecule has 0 saturated heterocycles. The highest BCUT2D eigenvalue weighted by atomic mass is 19.2. The van der Waals surface area contributed by atoms with E-state index in [4.69, 9.17) is 9.47 Å². The number of hydrogen-bond donors (Lipinski definition) is 0. The van der Waals surface area contributed by atoms with Gasteiger partial charge in [-0.25, -0.2) is 13.6 Å². The molecule has 0 saturated carbocycles. The number of rotatable bonds is 3. The SMILES string of the molecule is CCOC(=O)Oc1c(C)c(CC)nc2cc(F)c(F)cc12. The van der Waals surface area contributed by atoms with Crippen molar-refractivity contribution in [2.24, 2.45) is 0 Å². The maximum absolute atomic E-state index is 13.5. The smallest absolute Gasteiger partial charge is 0.434 e. The molecular formula is C15H15F2NO3. The van der Waals surface area contributed by atoms with Gasteiger partial charge >= 0.3 is 6.16 Å². The van der Waals surface area contributed by atoms with Crippen LogP contribution >= 0.6 is 0 Å². The van der Waals surface area contributed by atoms with E-state index >= 15 is 0 Å². The van der Waals surface area contributed by atoms with Gasteiger partial charge in [0.15, 0.2) is 11.6 Å². The van der Waals surface area contributed by atoms with E-state index in [0.717, 1.165) is 12.1 Å². The first kappa shape index (κ1) is 15.2. The van der Waals surface area contributed by atoms with Gasteiger partial charge in [-0.05, 0) is 26.3 Å². The summed E-state index contributed by atoms with van der Waals surface area (Å²) < 4.78 is 36.7. The van der Waals surface area contributed by atoms with E-state index in [2.05, 4.69) is 4.98 Å². The van der Waals surface area contributed by atoms with Gasteiger partial charge in [0.2, 0.25) is 0 Å². The van der Waals surface area contributed by atoms with Gasteiger partial charge in [-0.15, -0.1) is 0 Å². The summed E-state index contributed by atoms with van der Waals surface area (Å²) in [5, 5.41) is 0.233. The minimum Gasteiger partial charge on any atom is -0.434 e. The molecule has 0 fully saturated rings. The predicted octanol–water partition coefficient (Wildman–Crippen LogP) is 3.92. The lowest BCUT2D eigenvalue weighted by molar-refractivity contribution is 0.104. The number of carbonyl (C=O) groups is 1. The molecule has 0 radical (unpaired) electrons. The number of pyridine rings is 1. The van der Waals surface area contributed by atoms with Crippen LogP contribution in [0.3, 0.4) is 0 Å². The summed E-state index contributed by atoms with van der Waals surface area (Å²) >= 11 is 0. The van der Waals surface area contributed by atoms with Gasteiger partial charge in [0, 0.05) is 22.7 Å². The van der Waals surface area contributed by atoms with Crippen LogP contribution in [0.15, 0.2) is 12.1 Å². The van der Waals surface area contributed by atoms with Crippen LogP contribution in [0, 0.1) is 18.6 Å². The highest BCUT2D eigenvalue weighted by Crippen LogP contribution is 2.32. The number of aryl methyl sites for hydroxylation is 1. The van der Waals surface area contributed by atoms with Crippen LogP contribution in [-0.4, -0.2) is 17.7 Å². The second kappa shape index (κ2) is 6.03. The Labute approximate surface area is 120 Å². The second-order valence-electron chi connectivity index (χ2n) is 4.43. The van der Waals surface area contributed by atoms with E-state index in [0.29, 0.717) is 17.7 Å². The first-order valence-electron chi connectivity index (χ1n) is 6.60. The Morgan fingerprint density at radius 1 is 1.24 bits per heavy atom. The molecule has 2 rings (SSSR count). The molecule has 0 atom stereocenters. The van der Waals surface area contributed by atoms with Gasteiger partial charge in [0.1, 0.15) is 5.75 Å². The Hall–Kier alpha value is -2.24. The Morgan fingerprint density at radius 3 is 2.52 bits per heavy atom. The lowest BCUT2D eigenvalue weighted by Gasteiger charge is -2.13. The van der Waals surface area contributed by atoms with Gasteiger partial charge in [0.25, 0.3) is 0 Å². The third-order valence-electron chi connectivity index (χ3n) is 3.09. The molecule has 112 valence electrons. The topological polar surface area (TPSA) is 48.4 Å². The van der Waals surface area contributed by atoms with Gasteiger partial charge in [-0.1, -0.05) is 6.92 Å². The van der Waals surface area contributed by atoms with Gasteiger partial charge in [0.05, 0.1) is 12.1 Å². The van der Waals surface area contributed by atoms with Crippen LogP contribution in [0.2, 0.25) is 0 Å². The highest BCUT2D eigenvalue weighted by Gasteiger charge is 2.18. The van der Waals surface area contributed by atoms with Crippen molar-refractivity contribution in [1.29, 1.82) is 0 Å². The number of halogens is 2. The van der Waals surface area contributed by atoms with E-state index in [-0.39, 0.29) is 23.3 Å². The van der Waals surface area contributed by atoms with Crippen molar-refractivity contribution >= 4 is 17.1 Å². The molecule has 2 aromatic rings. The minimum absolute atomic E-state index is 0.147. The molecule has 1 aromatic heterocycles. The number of aromatic nitrogens is 1. The second-order valence-corrected chi connectivity index (χ2v) is 4.43. The van der Waals surface area contributed by atoms with Crippen molar-refractivity contribution in [2.75, 3.05) is 6.61 Å². The third-order valence-corrected chi connectivity index (χ3v) is 3.09. The van der Waals surface area contributed by atoms with E-state index in [9.17, 15) is 13.6 Å². The number of hydrogen-bond acceptors (Lipinski definition) is 4. The molecule has 6 heteroatoms. The van der Waals surface area contributed by atoms with E-state index in [1.807, 2.05) is 6.92 Å². The summed E-state index contributed by atoms with van der Waals surface area (Å²) in [6.45, 7) is 5.38. The molecule has 4 nitrogen and oxygen atoms in total. The molecule has 0 unspecified atom stereocenters. The lowest BCUT2D eigenvalue weighted by Crippen LogP contribution is -2.12. The number of benzene rings is 1. The quantitative estimate of drug-likeness (QED) is 0.805. The largest absolute Gasteiger partial charge is 0.513 e. The van der Waals surface area contributed by atoms with Gasteiger partial charge < -0.3 is 9.47 Å². The zero-order chi connectivity index (χ0) is 15.6. The molecule has 0 aliphatic rings. The standard InChI is InChI=1S/C15H15F2NO3/c1-4-12-8(3)14(21-15(19)20-5-2)9-6-10(16)11(17)7-13(9)18-12/h6-7H,4-5H2,1-3H3. The predicted molar refractivity (Wildman–Crippen MR) is 73.4 cm³/mol. The zero-order valence-corrected chi connectivity index (χ0v) is 12.0. The number of carbonyl (C=O) groups excluding carboxylic acids is 1.